The topological polar surface area (TPSA) is 22.1 Å². The highest BCUT2D eigenvalue weighted by molar-refractivity contribution is 7.99. The molecule has 0 aliphatic carbocycles. The Morgan fingerprint density at radius 3 is 2.09 bits per heavy atom. The molecule has 4 aromatic rings. The van der Waals surface area contributed by atoms with Crippen molar-refractivity contribution < 1.29 is 4.74 Å². The molecule has 1 aromatic heterocycles. The molecule has 0 saturated carbocycles. The summed E-state index contributed by atoms with van der Waals surface area (Å²) in [6, 6.07) is 24.8. The van der Waals surface area contributed by atoms with Crippen LogP contribution in [0.15, 0.2) is 82.6 Å². The van der Waals surface area contributed by atoms with Gasteiger partial charge in [0.15, 0.2) is 0 Å². The molecule has 23 heavy (non-hydrogen) atoms. The van der Waals surface area contributed by atoms with Crippen molar-refractivity contribution in [2.45, 2.75) is 9.79 Å². The van der Waals surface area contributed by atoms with Gasteiger partial charge < -0.3 is 4.74 Å². The summed E-state index contributed by atoms with van der Waals surface area (Å²) in [7, 11) is 1.70. The van der Waals surface area contributed by atoms with Crippen molar-refractivity contribution in [3.8, 4) is 5.75 Å². The lowest BCUT2D eigenvalue weighted by molar-refractivity contribution is 0.413. The number of rotatable bonds is 3. The highest BCUT2D eigenvalue weighted by atomic mass is 32.2. The van der Waals surface area contributed by atoms with Crippen LogP contribution in [-0.4, -0.2) is 12.1 Å². The lowest BCUT2D eigenvalue weighted by Gasteiger charge is -2.11. The van der Waals surface area contributed by atoms with Crippen LogP contribution >= 0.6 is 11.8 Å². The molecule has 4 rings (SSSR count). The zero-order valence-electron chi connectivity index (χ0n) is 12.7. The van der Waals surface area contributed by atoms with E-state index in [2.05, 4.69) is 48.5 Å². The number of fused-ring (bicyclic) bond motifs is 2. The number of benzene rings is 3. The summed E-state index contributed by atoms with van der Waals surface area (Å²) in [5.74, 6) is 0.873. The normalized spacial score (nSPS) is 11.0. The zero-order valence-corrected chi connectivity index (χ0v) is 13.5. The summed E-state index contributed by atoms with van der Waals surface area (Å²) < 4.78 is 5.34. The second-order valence-electron chi connectivity index (χ2n) is 5.26. The quantitative estimate of drug-likeness (QED) is 0.463. The molecule has 3 aromatic carbocycles. The highest BCUT2D eigenvalue weighted by Crippen LogP contribution is 2.39. The predicted octanol–water partition coefficient (Wildman–Crippen LogP) is 5.55. The molecule has 3 heteroatoms. The Labute approximate surface area is 139 Å². The first-order valence-electron chi connectivity index (χ1n) is 7.44. The fourth-order valence-corrected chi connectivity index (χ4v) is 3.82. The van der Waals surface area contributed by atoms with E-state index in [-0.39, 0.29) is 0 Å². The maximum Gasteiger partial charge on any atom is 0.119 e. The van der Waals surface area contributed by atoms with Gasteiger partial charge in [0, 0.05) is 20.6 Å². The summed E-state index contributed by atoms with van der Waals surface area (Å²) in [6.45, 7) is 0. The SMILES string of the molecule is COc1cccc(Sc2c3ccccc3nc3ccccc23)c1. The average Bonchev–Trinajstić information content (AvgIpc) is 2.61. The van der Waals surface area contributed by atoms with Crippen molar-refractivity contribution in [3.63, 3.8) is 0 Å². The number of methoxy groups -OCH3 is 1. The van der Waals surface area contributed by atoms with Crippen molar-refractivity contribution in [1.29, 1.82) is 0 Å². The van der Waals surface area contributed by atoms with Gasteiger partial charge in [0.2, 0.25) is 0 Å². The first-order chi connectivity index (χ1) is 11.3. The smallest absolute Gasteiger partial charge is 0.119 e. The summed E-state index contributed by atoms with van der Waals surface area (Å²) >= 11 is 1.76. The molecule has 0 unspecified atom stereocenters. The molecule has 0 aliphatic heterocycles. The van der Waals surface area contributed by atoms with Crippen LogP contribution in [0.2, 0.25) is 0 Å². The standard InChI is InChI=1S/C20H15NOS/c1-22-14-7-6-8-15(13-14)23-20-16-9-2-4-11-18(16)21-19-12-5-3-10-17(19)20/h2-13H,1H3. The van der Waals surface area contributed by atoms with E-state index in [1.54, 1.807) is 18.9 Å². The van der Waals surface area contributed by atoms with Crippen LogP contribution < -0.4 is 4.74 Å². The van der Waals surface area contributed by atoms with Gasteiger partial charge in [-0.15, -0.1) is 0 Å². The minimum absolute atomic E-state index is 0.873. The number of hydrogen-bond acceptors (Lipinski definition) is 3. The van der Waals surface area contributed by atoms with Crippen molar-refractivity contribution >= 4 is 33.6 Å². The van der Waals surface area contributed by atoms with Crippen molar-refractivity contribution in [3.05, 3.63) is 72.8 Å². The van der Waals surface area contributed by atoms with Gasteiger partial charge in [-0.25, -0.2) is 4.98 Å². The molecular formula is C20H15NOS. The molecule has 112 valence electrons. The zero-order chi connectivity index (χ0) is 15.6. The molecule has 0 amide bonds. The van der Waals surface area contributed by atoms with Crippen molar-refractivity contribution in [1.82, 2.24) is 4.98 Å². The Kier molecular flexibility index (Phi) is 3.64. The van der Waals surface area contributed by atoms with E-state index in [9.17, 15) is 0 Å². The van der Waals surface area contributed by atoms with E-state index in [1.807, 2.05) is 24.3 Å². The highest BCUT2D eigenvalue weighted by Gasteiger charge is 2.10. The molecule has 0 N–H and O–H groups in total. The first kappa shape index (κ1) is 14.1. The van der Waals surface area contributed by atoms with Crippen LogP contribution in [0, 0.1) is 0 Å². The molecule has 1 heterocycles. The summed E-state index contributed by atoms with van der Waals surface area (Å²) in [5.41, 5.74) is 2.05. The Balaban J connectivity index is 1.95. The fraction of sp³-hybridized carbons (Fsp3) is 0.0500. The number of nitrogens with zero attached hydrogens (tertiary/aromatic N) is 1. The van der Waals surface area contributed by atoms with E-state index < -0.39 is 0 Å². The number of aromatic nitrogens is 1. The van der Waals surface area contributed by atoms with E-state index >= 15 is 0 Å². The Morgan fingerprint density at radius 1 is 0.783 bits per heavy atom. The van der Waals surface area contributed by atoms with Crippen LogP contribution in [0.1, 0.15) is 0 Å². The average molecular weight is 317 g/mol. The molecule has 0 radical (unpaired) electrons. The third-order valence-corrected chi connectivity index (χ3v) is 4.93. The van der Waals surface area contributed by atoms with Crippen LogP contribution in [-0.2, 0) is 0 Å². The molecule has 0 atom stereocenters. The Bertz CT molecular complexity index is 943. The van der Waals surface area contributed by atoms with E-state index in [0.29, 0.717) is 0 Å². The number of para-hydroxylation sites is 2. The lowest BCUT2D eigenvalue weighted by Crippen LogP contribution is -1.87. The number of hydrogen-bond donors (Lipinski definition) is 0. The van der Waals surface area contributed by atoms with Gasteiger partial charge in [0.05, 0.1) is 18.1 Å². The molecular weight excluding hydrogens is 302 g/mol. The van der Waals surface area contributed by atoms with Gasteiger partial charge in [-0.2, -0.15) is 0 Å². The number of ether oxygens (including phenoxy) is 1. The van der Waals surface area contributed by atoms with Crippen molar-refractivity contribution in [2.24, 2.45) is 0 Å². The second kappa shape index (κ2) is 5.94. The van der Waals surface area contributed by atoms with E-state index in [4.69, 9.17) is 9.72 Å². The fourth-order valence-electron chi connectivity index (χ4n) is 2.69. The summed E-state index contributed by atoms with van der Waals surface area (Å²) in [4.78, 5) is 7.17. The van der Waals surface area contributed by atoms with E-state index in [1.165, 1.54) is 15.7 Å². The summed E-state index contributed by atoms with van der Waals surface area (Å²) in [6.07, 6.45) is 0. The Hall–Kier alpha value is -2.52. The maximum atomic E-state index is 5.34. The van der Waals surface area contributed by atoms with Crippen LogP contribution in [0.25, 0.3) is 21.8 Å². The van der Waals surface area contributed by atoms with Crippen molar-refractivity contribution in [2.75, 3.05) is 7.11 Å². The third kappa shape index (κ3) is 2.64. The van der Waals surface area contributed by atoms with Crippen LogP contribution in [0.3, 0.4) is 0 Å². The first-order valence-corrected chi connectivity index (χ1v) is 8.26. The van der Waals surface area contributed by atoms with E-state index in [0.717, 1.165) is 21.7 Å². The molecule has 0 bridgehead atoms. The minimum Gasteiger partial charge on any atom is -0.497 e. The van der Waals surface area contributed by atoms with Gasteiger partial charge >= 0.3 is 0 Å². The van der Waals surface area contributed by atoms with Gasteiger partial charge in [-0.1, -0.05) is 54.2 Å². The molecule has 2 nitrogen and oxygen atoms in total. The third-order valence-electron chi connectivity index (χ3n) is 3.80. The van der Waals surface area contributed by atoms with Crippen LogP contribution in [0.4, 0.5) is 0 Å². The number of pyridine rings is 1. The molecule has 0 saturated heterocycles. The largest absolute Gasteiger partial charge is 0.497 e. The van der Waals surface area contributed by atoms with Crippen LogP contribution in [0.5, 0.6) is 5.75 Å². The summed E-state index contributed by atoms with van der Waals surface area (Å²) in [5, 5.41) is 2.36. The molecule has 0 spiro atoms. The maximum absolute atomic E-state index is 5.34. The Morgan fingerprint density at radius 2 is 1.43 bits per heavy atom. The molecule has 0 fully saturated rings. The lowest BCUT2D eigenvalue weighted by atomic mass is 10.1. The van der Waals surface area contributed by atoms with Gasteiger partial charge in [-0.3, -0.25) is 0 Å². The molecule has 0 aliphatic rings. The van der Waals surface area contributed by atoms with Gasteiger partial charge in [-0.05, 0) is 30.3 Å². The van der Waals surface area contributed by atoms with Gasteiger partial charge in [0.1, 0.15) is 5.75 Å². The second-order valence-corrected chi connectivity index (χ2v) is 6.34. The van der Waals surface area contributed by atoms with Gasteiger partial charge in [0.25, 0.3) is 0 Å². The minimum atomic E-state index is 0.873. The predicted molar refractivity (Wildman–Crippen MR) is 96.4 cm³/mol. The monoisotopic (exact) mass is 317 g/mol.